The van der Waals surface area contributed by atoms with Crippen molar-refractivity contribution in [1.82, 2.24) is 5.32 Å². The Balaban J connectivity index is 3.78. The summed E-state index contributed by atoms with van der Waals surface area (Å²) >= 11 is 3.90. The van der Waals surface area contributed by atoms with Gasteiger partial charge in [0.05, 0.1) is 0 Å². The van der Waals surface area contributed by atoms with Gasteiger partial charge in [-0.25, -0.2) is 4.79 Å². The molecule has 2 amide bonds. The van der Waals surface area contributed by atoms with Crippen LogP contribution in [0.4, 0.5) is 4.79 Å². The molecule has 0 unspecified atom stereocenters. The monoisotopic (exact) mass is 234 g/mol. The molecule has 0 rings (SSSR count). The number of hydrogen-bond acceptors (Lipinski definition) is 4. The van der Waals surface area contributed by atoms with Crippen LogP contribution in [-0.4, -0.2) is 30.4 Å². The molecule has 0 aromatic rings. The molecule has 0 aliphatic heterocycles. The average Bonchev–Trinajstić information content (AvgIpc) is 2.20. The molecular weight excluding hydrogens is 216 g/mol. The maximum atomic E-state index is 11.4. The Morgan fingerprint density at radius 2 is 2.13 bits per heavy atom. The van der Waals surface area contributed by atoms with E-state index in [1.165, 1.54) is 0 Å². The molecule has 0 aliphatic rings. The second kappa shape index (κ2) is 8.40. The summed E-state index contributed by atoms with van der Waals surface area (Å²) in [6.45, 7) is 2.66. The first kappa shape index (κ1) is 14.1. The molecule has 0 radical (unpaired) electrons. The molecule has 0 fully saturated rings. The van der Waals surface area contributed by atoms with E-state index in [9.17, 15) is 9.59 Å². The summed E-state index contributed by atoms with van der Waals surface area (Å²) in [6, 6.07) is 0. The SMILES string of the molecule is CCCCCNC(=O)[C@H](CS)OC(N)=O. The van der Waals surface area contributed by atoms with Gasteiger partial charge < -0.3 is 15.8 Å². The Morgan fingerprint density at radius 3 is 2.60 bits per heavy atom. The molecule has 0 aromatic carbocycles. The van der Waals surface area contributed by atoms with Crippen LogP contribution >= 0.6 is 12.6 Å². The van der Waals surface area contributed by atoms with E-state index in [-0.39, 0.29) is 11.7 Å². The van der Waals surface area contributed by atoms with E-state index in [0.29, 0.717) is 6.54 Å². The Bertz CT molecular complexity index is 212. The predicted molar refractivity (Wildman–Crippen MR) is 60.8 cm³/mol. The Kier molecular flexibility index (Phi) is 7.89. The van der Waals surface area contributed by atoms with Crippen LogP contribution in [0.5, 0.6) is 0 Å². The summed E-state index contributed by atoms with van der Waals surface area (Å²) in [5.74, 6) is -0.220. The first-order valence-electron chi connectivity index (χ1n) is 4.96. The Hall–Kier alpha value is -0.910. The van der Waals surface area contributed by atoms with Crippen LogP contribution in [0.25, 0.3) is 0 Å². The number of nitrogens with two attached hydrogens (primary N) is 1. The fraction of sp³-hybridized carbons (Fsp3) is 0.778. The second-order valence-electron chi connectivity index (χ2n) is 3.11. The van der Waals surface area contributed by atoms with Gasteiger partial charge in [-0.15, -0.1) is 0 Å². The number of ether oxygens (including phenoxy) is 1. The summed E-state index contributed by atoms with van der Waals surface area (Å²) < 4.78 is 4.57. The van der Waals surface area contributed by atoms with Gasteiger partial charge in [0.2, 0.25) is 0 Å². The first-order valence-corrected chi connectivity index (χ1v) is 5.59. The average molecular weight is 234 g/mol. The summed E-state index contributed by atoms with van der Waals surface area (Å²) in [4.78, 5) is 21.8. The van der Waals surface area contributed by atoms with Crippen molar-refractivity contribution in [2.75, 3.05) is 12.3 Å². The largest absolute Gasteiger partial charge is 0.435 e. The van der Waals surface area contributed by atoms with Crippen molar-refractivity contribution >= 4 is 24.6 Å². The van der Waals surface area contributed by atoms with E-state index >= 15 is 0 Å². The number of carbonyl (C=O) groups is 2. The molecule has 0 bridgehead atoms. The third-order valence-corrected chi connectivity index (χ3v) is 2.13. The van der Waals surface area contributed by atoms with E-state index in [4.69, 9.17) is 5.73 Å². The predicted octanol–water partition coefficient (Wildman–Crippen LogP) is 0.687. The molecule has 0 saturated carbocycles. The van der Waals surface area contributed by atoms with E-state index < -0.39 is 12.2 Å². The fourth-order valence-corrected chi connectivity index (χ4v) is 1.25. The molecule has 0 aliphatic carbocycles. The van der Waals surface area contributed by atoms with Crippen LogP contribution in [-0.2, 0) is 9.53 Å². The van der Waals surface area contributed by atoms with Gasteiger partial charge in [-0.1, -0.05) is 19.8 Å². The molecule has 6 heteroatoms. The number of rotatable bonds is 7. The van der Waals surface area contributed by atoms with Crippen LogP contribution in [0, 0.1) is 0 Å². The minimum atomic E-state index is -0.960. The van der Waals surface area contributed by atoms with Gasteiger partial charge in [0.25, 0.3) is 5.91 Å². The van der Waals surface area contributed by atoms with Gasteiger partial charge >= 0.3 is 6.09 Å². The number of primary amides is 1. The second-order valence-corrected chi connectivity index (χ2v) is 3.47. The quantitative estimate of drug-likeness (QED) is 0.447. The fourth-order valence-electron chi connectivity index (χ4n) is 1.01. The van der Waals surface area contributed by atoms with Crippen molar-refractivity contribution < 1.29 is 14.3 Å². The number of thiol groups is 1. The van der Waals surface area contributed by atoms with Crippen LogP contribution in [0.15, 0.2) is 0 Å². The van der Waals surface area contributed by atoms with Gasteiger partial charge in [-0.05, 0) is 6.42 Å². The van der Waals surface area contributed by atoms with Crippen molar-refractivity contribution in [3.8, 4) is 0 Å². The minimum absolute atomic E-state index is 0.128. The number of nitrogens with one attached hydrogen (secondary N) is 1. The molecule has 5 nitrogen and oxygen atoms in total. The minimum Gasteiger partial charge on any atom is -0.435 e. The number of carbonyl (C=O) groups excluding carboxylic acids is 2. The summed E-state index contributed by atoms with van der Waals surface area (Å²) in [6.07, 6.45) is 1.20. The molecule has 0 aromatic heterocycles. The summed E-state index contributed by atoms with van der Waals surface area (Å²) in [7, 11) is 0. The normalized spacial score (nSPS) is 11.9. The topological polar surface area (TPSA) is 81.4 Å². The Morgan fingerprint density at radius 1 is 1.47 bits per heavy atom. The standard InChI is InChI=1S/C9H18N2O3S/c1-2-3-4-5-11-8(12)7(6-15)14-9(10)13/h7,15H,2-6H2,1H3,(H2,10,13)(H,11,12)/t7-/m0/s1. The van der Waals surface area contributed by atoms with Crippen LogP contribution in [0.2, 0.25) is 0 Å². The molecule has 88 valence electrons. The van der Waals surface area contributed by atoms with Crippen molar-refractivity contribution in [2.45, 2.75) is 32.3 Å². The van der Waals surface area contributed by atoms with Crippen molar-refractivity contribution in [3.63, 3.8) is 0 Å². The van der Waals surface area contributed by atoms with Crippen molar-refractivity contribution in [2.24, 2.45) is 5.73 Å². The number of amides is 2. The third kappa shape index (κ3) is 7.07. The zero-order valence-electron chi connectivity index (χ0n) is 8.86. The highest BCUT2D eigenvalue weighted by Crippen LogP contribution is 1.97. The maximum absolute atomic E-state index is 11.4. The van der Waals surface area contributed by atoms with Crippen LogP contribution < -0.4 is 11.1 Å². The first-order chi connectivity index (χ1) is 7.11. The van der Waals surface area contributed by atoms with E-state index in [2.05, 4.69) is 29.6 Å². The van der Waals surface area contributed by atoms with E-state index in [1.54, 1.807) is 0 Å². The maximum Gasteiger partial charge on any atom is 0.405 e. The van der Waals surface area contributed by atoms with Crippen molar-refractivity contribution in [3.05, 3.63) is 0 Å². The zero-order valence-corrected chi connectivity index (χ0v) is 9.76. The highest BCUT2D eigenvalue weighted by Gasteiger charge is 2.19. The smallest absolute Gasteiger partial charge is 0.405 e. The van der Waals surface area contributed by atoms with Crippen molar-refractivity contribution in [1.29, 1.82) is 0 Å². The molecule has 0 spiro atoms. The molecule has 3 N–H and O–H groups in total. The molecule has 0 saturated heterocycles. The van der Waals surface area contributed by atoms with E-state index in [0.717, 1.165) is 19.3 Å². The lowest BCUT2D eigenvalue weighted by Gasteiger charge is -2.13. The number of unbranched alkanes of at least 4 members (excludes halogenated alkanes) is 2. The lowest BCUT2D eigenvalue weighted by Crippen LogP contribution is -2.40. The molecule has 1 atom stereocenters. The lowest BCUT2D eigenvalue weighted by atomic mass is 10.2. The summed E-state index contributed by atoms with van der Waals surface area (Å²) in [5, 5.41) is 2.65. The lowest BCUT2D eigenvalue weighted by molar-refractivity contribution is -0.128. The van der Waals surface area contributed by atoms with Gasteiger partial charge in [-0.3, -0.25) is 4.79 Å². The van der Waals surface area contributed by atoms with E-state index in [1.807, 2.05) is 0 Å². The molecule has 15 heavy (non-hydrogen) atoms. The van der Waals surface area contributed by atoms with Crippen LogP contribution in [0.1, 0.15) is 26.2 Å². The highest BCUT2D eigenvalue weighted by molar-refractivity contribution is 7.80. The molecular formula is C9H18N2O3S. The van der Waals surface area contributed by atoms with Gasteiger partial charge in [0, 0.05) is 12.3 Å². The number of hydrogen-bond donors (Lipinski definition) is 3. The van der Waals surface area contributed by atoms with Crippen LogP contribution in [0.3, 0.4) is 0 Å². The molecule has 0 heterocycles. The van der Waals surface area contributed by atoms with Gasteiger partial charge in [0.15, 0.2) is 6.10 Å². The van der Waals surface area contributed by atoms with Gasteiger partial charge in [0.1, 0.15) is 0 Å². The third-order valence-electron chi connectivity index (χ3n) is 1.80. The Labute approximate surface area is 95.1 Å². The zero-order chi connectivity index (χ0) is 11.7. The van der Waals surface area contributed by atoms with Gasteiger partial charge in [-0.2, -0.15) is 12.6 Å². The highest BCUT2D eigenvalue weighted by atomic mass is 32.1. The summed E-state index contributed by atoms with van der Waals surface area (Å²) in [5.41, 5.74) is 4.81.